The molecule has 2 aromatic rings. The van der Waals surface area contributed by atoms with Crippen LogP contribution in [0.4, 0.5) is 0 Å². The summed E-state index contributed by atoms with van der Waals surface area (Å²) in [5, 5.41) is 3.82. The fraction of sp³-hybridized carbons (Fsp3) is 0.409. The average molecular weight is 402 g/mol. The van der Waals surface area contributed by atoms with Crippen molar-refractivity contribution in [3.63, 3.8) is 0 Å². The van der Waals surface area contributed by atoms with Crippen molar-refractivity contribution in [1.82, 2.24) is 5.32 Å². The van der Waals surface area contributed by atoms with Gasteiger partial charge in [0.25, 0.3) is 5.91 Å². The summed E-state index contributed by atoms with van der Waals surface area (Å²) in [4.78, 5) is 14.0. The third-order valence-electron chi connectivity index (χ3n) is 5.59. The second kappa shape index (κ2) is 8.41. The molecule has 5 nitrogen and oxygen atoms in total. The molecule has 1 amide bonds. The van der Waals surface area contributed by atoms with E-state index in [1.807, 2.05) is 37.3 Å². The van der Waals surface area contributed by atoms with Crippen molar-refractivity contribution in [3.8, 4) is 11.5 Å². The zero-order valence-corrected chi connectivity index (χ0v) is 16.8. The Morgan fingerprint density at radius 1 is 1.18 bits per heavy atom. The van der Waals surface area contributed by atoms with E-state index in [-0.39, 0.29) is 11.9 Å². The predicted molar refractivity (Wildman–Crippen MR) is 108 cm³/mol. The average Bonchev–Trinajstić information content (AvgIpc) is 3.16. The minimum absolute atomic E-state index is 0.0421. The molecule has 2 aromatic carbocycles. The van der Waals surface area contributed by atoms with Crippen molar-refractivity contribution in [1.29, 1.82) is 0 Å². The molecule has 148 valence electrons. The Labute approximate surface area is 170 Å². The van der Waals surface area contributed by atoms with E-state index in [2.05, 4.69) is 17.4 Å². The molecular weight excluding hydrogens is 376 g/mol. The van der Waals surface area contributed by atoms with Gasteiger partial charge in [-0.25, -0.2) is 0 Å². The Morgan fingerprint density at radius 3 is 2.71 bits per heavy atom. The van der Waals surface area contributed by atoms with Crippen LogP contribution in [-0.4, -0.2) is 32.2 Å². The van der Waals surface area contributed by atoms with E-state index in [4.69, 9.17) is 21.1 Å². The second-order valence-electron chi connectivity index (χ2n) is 7.52. The van der Waals surface area contributed by atoms with E-state index >= 15 is 0 Å². The third-order valence-corrected chi connectivity index (χ3v) is 5.84. The van der Waals surface area contributed by atoms with Gasteiger partial charge in [-0.1, -0.05) is 23.7 Å². The van der Waals surface area contributed by atoms with Crippen molar-refractivity contribution in [2.75, 3.05) is 26.3 Å². The molecule has 3 atom stereocenters. The molecule has 28 heavy (non-hydrogen) atoms. The molecule has 0 saturated carbocycles. The van der Waals surface area contributed by atoms with Gasteiger partial charge in [0, 0.05) is 23.4 Å². The molecule has 0 aliphatic carbocycles. The maximum atomic E-state index is 12.7. The lowest BCUT2D eigenvalue weighted by molar-refractivity contribution is -0.910. The molecule has 0 bridgehead atoms. The Hall–Kier alpha value is -2.24. The SMILES string of the molecule is C[C@H](NC(=O)C[NH+]1CCC[C@@H]1c1ccc2c(c1)OCCO2)c1ccc(Cl)cc1. The number of fused-ring (bicyclic) bond motifs is 1. The van der Waals surface area contributed by atoms with Crippen LogP contribution in [0.1, 0.15) is 43.0 Å². The Kier molecular flexibility index (Phi) is 5.74. The third kappa shape index (κ3) is 4.26. The van der Waals surface area contributed by atoms with E-state index in [9.17, 15) is 4.79 Å². The van der Waals surface area contributed by atoms with Gasteiger partial charge in [0.2, 0.25) is 0 Å². The first-order valence-corrected chi connectivity index (χ1v) is 10.3. The molecule has 6 heteroatoms. The number of amides is 1. The van der Waals surface area contributed by atoms with Crippen molar-refractivity contribution in [2.45, 2.75) is 31.8 Å². The molecule has 1 saturated heterocycles. The summed E-state index contributed by atoms with van der Waals surface area (Å²) in [7, 11) is 0. The fourth-order valence-electron chi connectivity index (χ4n) is 4.14. The van der Waals surface area contributed by atoms with Crippen molar-refractivity contribution in [2.24, 2.45) is 0 Å². The molecule has 2 heterocycles. The smallest absolute Gasteiger partial charge is 0.275 e. The van der Waals surface area contributed by atoms with Crippen LogP contribution in [-0.2, 0) is 4.79 Å². The molecule has 4 rings (SSSR count). The summed E-state index contributed by atoms with van der Waals surface area (Å²) in [5.74, 6) is 1.70. The number of nitrogens with one attached hydrogen (secondary N) is 2. The van der Waals surface area contributed by atoms with Crippen LogP contribution in [0, 0.1) is 0 Å². The number of hydrogen-bond acceptors (Lipinski definition) is 3. The summed E-state index contributed by atoms with van der Waals surface area (Å²) < 4.78 is 11.3. The molecule has 2 N–H and O–H groups in total. The van der Waals surface area contributed by atoms with E-state index in [1.165, 1.54) is 10.5 Å². The van der Waals surface area contributed by atoms with Crippen LogP contribution in [0.5, 0.6) is 11.5 Å². The first kappa shape index (κ1) is 19.1. The number of hydrogen-bond donors (Lipinski definition) is 2. The lowest BCUT2D eigenvalue weighted by atomic mass is 10.0. The molecule has 0 aromatic heterocycles. The summed E-state index contributed by atoms with van der Waals surface area (Å²) in [6.45, 7) is 4.65. The van der Waals surface area contributed by atoms with Gasteiger partial charge in [0.1, 0.15) is 19.3 Å². The first-order chi connectivity index (χ1) is 13.6. The minimum atomic E-state index is -0.0421. The predicted octanol–water partition coefficient (Wildman–Crippen LogP) is 2.71. The molecular formula is C22H26ClN2O3+. The Morgan fingerprint density at radius 2 is 1.93 bits per heavy atom. The first-order valence-electron chi connectivity index (χ1n) is 9.89. The highest BCUT2D eigenvalue weighted by molar-refractivity contribution is 6.30. The molecule has 0 spiro atoms. The molecule has 1 unspecified atom stereocenters. The zero-order valence-electron chi connectivity index (χ0n) is 16.0. The summed E-state index contributed by atoms with van der Waals surface area (Å²) >= 11 is 5.95. The maximum Gasteiger partial charge on any atom is 0.275 e. The van der Waals surface area contributed by atoms with Gasteiger partial charge in [-0.05, 0) is 42.8 Å². The van der Waals surface area contributed by atoms with Crippen molar-refractivity contribution < 1.29 is 19.2 Å². The van der Waals surface area contributed by atoms with E-state index in [1.54, 1.807) is 0 Å². The molecule has 2 aliphatic heterocycles. The van der Waals surface area contributed by atoms with Crippen LogP contribution < -0.4 is 19.7 Å². The molecule has 1 fully saturated rings. The van der Waals surface area contributed by atoms with Gasteiger partial charge in [-0.3, -0.25) is 4.79 Å². The quantitative estimate of drug-likeness (QED) is 0.810. The molecule has 2 aliphatic rings. The van der Waals surface area contributed by atoms with Gasteiger partial charge >= 0.3 is 0 Å². The second-order valence-corrected chi connectivity index (χ2v) is 7.96. The maximum absolute atomic E-state index is 12.7. The highest BCUT2D eigenvalue weighted by Crippen LogP contribution is 2.33. The van der Waals surface area contributed by atoms with Crippen LogP contribution in [0.2, 0.25) is 5.02 Å². The van der Waals surface area contributed by atoms with E-state index in [0.717, 1.165) is 36.4 Å². The van der Waals surface area contributed by atoms with Gasteiger partial charge in [-0.2, -0.15) is 0 Å². The van der Waals surface area contributed by atoms with Crippen LogP contribution in [0.25, 0.3) is 0 Å². The number of halogens is 1. The number of benzene rings is 2. The van der Waals surface area contributed by atoms with E-state index in [0.29, 0.717) is 30.8 Å². The highest BCUT2D eigenvalue weighted by atomic mass is 35.5. The summed E-state index contributed by atoms with van der Waals surface area (Å²) in [6.07, 6.45) is 2.20. The van der Waals surface area contributed by atoms with Crippen LogP contribution in [0.15, 0.2) is 42.5 Å². The Bertz CT molecular complexity index is 840. The largest absolute Gasteiger partial charge is 0.486 e. The van der Waals surface area contributed by atoms with Gasteiger partial charge in [0.05, 0.1) is 12.6 Å². The Balaban J connectivity index is 1.39. The van der Waals surface area contributed by atoms with Crippen molar-refractivity contribution >= 4 is 17.5 Å². The normalized spacial score (nSPS) is 21.9. The van der Waals surface area contributed by atoms with Crippen LogP contribution in [0.3, 0.4) is 0 Å². The number of carbonyl (C=O) groups excluding carboxylic acids is 1. The zero-order chi connectivity index (χ0) is 19.5. The lowest BCUT2D eigenvalue weighted by Crippen LogP contribution is -3.11. The topological polar surface area (TPSA) is 52.0 Å². The minimum Gasteiger partial charge on any atom is -0.486 e. The monoisotopic (exact) mass is 401 g/mol. The van der Waals surface area contributed by atoms with Crippen molar-refractivity contribution in [3.05, 3.63) is 58.6 Å². The van der Waals surface area contributed by atoms with Crippen LogP contribution >= 0.6 is 11.6 Å². The lowest BCUT2D eigenvalue weighted by Gasteiger charge is -2.24. The highest BCUT2D eigenvalue weighted by Gasteiger charge is 2.32. The number of ether oxygens (including phenoxy) is 2. The number of rotatable bonds is 5. The summed E-state index contributed by atoms with van der Waals surface area (Å²) in [5.41, 5.74) is 2.27. The number of quaternary nitrogens is 1. The fourth-order valence-corrected chi connectivity index (χ4v) is 4.26. The number of likely N-dealkylation sites (tertiary alicyclic amines) is 1. The van der Waals surface area contributed by atoms with E-state index < -0.39 is 0 Å². The van der Waals surface area contributed by atoms with Gasteiger partial charge in [0.15, 0.2) is 18.0 Å². The summed E-state index contributed by atoms with van der Waals surface area (Å²) in [6, 6.07) is 14.1. The standard InChI is InChI=1S/C22H25ClN2O3/c1-15(16-4-7-18(23)8-5-16)24-22(26)14-25-10-2-3-19(25)17-6-9-20-21(13-17)28-12-11-27-20/h4-9,13,15,19H,2-3,10-12,14H2,1H3,(H,24,26)/p+1/t15-,19+/m0/s1. The molecule has 0 radical (unpaired) electrons. The van der Waals surface area contributed by atoms with Gasteiger partial charge in [-0.15, -0.1) is 0 Å². The van der Waals surface area contributed by atoms with Gasteiger partial charge < -0.3 is 19.7 Å². The number of carbonyl (C=O) groups is 1.